The van der Waals surface area contributed by atoms with Crippen LogP contribution in [0.2, 0.25) is 0 Å². The maximum absolute atomic E-state index is 12.0. The summed E-state index contributed by atoms with van der Waals surface area (Å²) in [4.78, 5) is 25.6. The molecule has 0 radical (unpaired) electrons. The summed E-state index contributed by atoms with van der Waals surface area (Å²) in [6.45, 7) is 3.96. The smallest absolute Gasteiger partial charge is 0.358 e. The Labute approximate surface area is 109 Å². The van der Waals surface area contributed by atoms with Crippen LogP contribution < -0.4 is 0 Å². The summed E-state index contributed by atoms with van der Waals surface area (Å²) in [7, 11) is 0. The molecule has 0 unspecified atom stereocenters. The normalized spacial score (nSPS) is 10.4. The van der Waals surface area contributed by atoms with E-state index in [1.165, 1.54) is 17.1 Å². The molecule has 0 bridgehead atoms. The van der Waals surface area contributed by atoms with Crippen molar-refractivity contribution in [3.8, 4) is 0 Å². The van der Waals surface area contributed by atoms with Gasteiger partial charge in [-0.25, -0.2) is 0 Å². The van der Waals surface area contributed by atoms with Gasteiger partial charge in [0.2, 0.25) is 6.33 Å². The third kappa shape index (κ3) is 2.85. The molecule has 1 aromatic carbocycles. The molecule has 0 spiro atoms. The van der Waals surface area contributed by atoms with Crippen LogP contribution in [-0.4, -0.2) is 20.3 Å². The molecule has 6 nitrogen and oxygen atoms in total. The summed E-state index contributed by atoms with van der Waals surface area (Å²) in [5.41, 5.74) is 2.76. The maximum Gasteiger partial charge on any atom is 0.381 e. The Balaban J connectivity index is 2.15. The van der Waals surface area contributed by atoms with Gasteiger partial charge in [-0.2, -0.15) is 0 Å². The lowest BCUT2D eigenvalue weighted by Gasteiger charge is -2.04. The monoisotopic (exact) mass is 259 g/mol. The number of hydrogen-bond acceptors (Lipinski definition) is 4. The quantitative estimate of drug-likeness (QED) is 0.479. The first-order valence-electron chi connectivity index (χ1n) is 5.74. The van der Waals surface area contributed by atoms with Crippen LogP contribution in [0.3, 0.4) is 0 Å². The fourth-order valence-electron chi connectivity index (χ4n) is 1.70. The number of imidazole rings is 1. The van der Waals surface area contributed by atoms with Crippen LogP contribution in [0.4, 0.5) is 5.82 Å². The zero-order valence-electron chi connectivity index (χ0n) is 10.7. The molecule has 0 saturated heterocycles. The second kappa shape index (κ2) is 5.01. The predicted octanol–water partition coefficient (Wildman–Crippen LogP) is 2.29. The van der Waals surface area contributed by atoms with Crippen molar-refractivity contribution in [2.24, 2.45) is 0 Å². The summed E-state index contributed by atoms with van der Waals surface area (Å²) in [6, 6.07) is 5.47. The average molecular weight is 259 g/mol. The van der Waals surface area contributed by atoms with Crippen molar-refractivity contribution in [2.75, 3.05) is 0 Å². The average Bonchev–Trinajstić information content (AvgIpc) is 2.81. The molecule has 0 aliphatic heterocycles. The Morgan fingerprint density at radius 3 is 2.68 bits per heavy atom. The fourth-order valence-corrected chi connectivity index (χ4v) is 1.70. The largest absolute Gasteiger partial charge is 0.381 e. The van der Waals surface area contributed by atoms with Crippen LogP contribution in [-0.2, 0) is 6.54 Å². The van der Waals surface area contributed by atoms with Crippen molar-refractivity contribution in [3.05, 3.63) is 57.5 Å². The number of nitrogens with zero attached hydrogens (tertiary/aromatic N) is 3. The van der Waals surface area contributed by atoms with E-state index in [4.69, 9.17) is 0 Å². The highest BCUT2D eigenvalue weighted by molar-refractivity contribution is 5.96. The summed E-state index contributed by atoms with van der Waals surface area (Å²) in [5, 5.41) is 10.5. The van der Waals surface area contributed by atoms with Gasteiger partial charge in [-0.15, -0.1) is 0 Å². The number of nitro groups is 1. The molecule has 0 aliphatic rings. The first-order valence-corrected chi connectivity index (χ1v) is 5.74. The zero-order valence-corrected chi connectivity index (χ0v) is 10.7. The number of hydrogen-bond donors (Lipinski definition) is 0. The van der Waals surface area contributed by atoms with E-state index in [2.05, 4.69) is 4.98 Å². The van der Waals surface area contributed by atoms with Gasteiger partial charge in [0.25, 0.3) is 0 Å². The van der Waals surface area contributed by atoms with Crippen LogP contribution in [0.15, 0.2) is 30.7 Å². The van der Waals surface area contributed by atoms with Gasteiger partial charge in [0, 0.05) is 5.56 Å². The summed E-state index contributed by atoms with van der Waals surface area (Å²) in [6.07, 6.45) is 2.54. The lowest BCUT2D eigenvalue weighted by atomic mass is 10.0. The number of ketones is 1. The molecule has 0 saturated carbocycles. The van der Waals surface area contributed by atoms with E-state index in [-0.39, 0.29) is 18.1 Å². The van der Waals surface area contributed by atoms with Crippen molar-refractivity contribution in [3.63, 3.8) is 0 Å². The SMILES string of the molecule is Cc1ccc(C(=O)Cn2cnc([N+](=O)[O-])c2)cc1C. The second-order valence-electron chi connectivity index (χ2n) is 4.38. The van der Waals surface area contributed by atoms with Crippen molar-refractivity contribution < 1.29 is 9.72 Å². The molecule has 1 heterocycles. The van der Waals surface area contributed by atoms with E-state index in [9.17, 15) is 14.9 Å². The lowest BCUT2D eigenvalue weighted by Crippen LogP contribution is -2.09. The summed E-state index contributed by atoms with van der Waals surface area (Å²) >= 11 is 0. The van der Waals surface area contributed by atoms with Gasteiger partial charge in [0.05, 0.1) is 6.54 Å². The Bertz CT molecular complexity index is 646. The molecule has 0 fully saturated rings. The summed E-state index contributed by atoms with van der Waals surface area (Å²) in [5.74, 6) is -0.358. The van der Waals surface area contributed by atoms with Gasteiger partial charge in [-0.3, -0.25) is 4.79 Å². The molecule has 98 valence electrons. The third-order valence-corrected chi connectivity index (χ3v) is 2.96. The molecule has 19 heavy (non-hydrogen) atoms. The van der Waals surface area contributed by atoms with Crippen LogP contribution in [0, 0.1) is 24.0 Å². The lowest BCUT2D eigenvalue weighted by molar-refractivity contribution is -0.389. The predicted molar refractivity (Wildman–Crippen MR) is 69.1 cm³/mol. The Hall–Kier alpha value is -2.50. The first-order chi connectivity index (χ1) is 8.97. The highest BCUT2D eigenvalue weighted by atomic mass is 16.6. The molecule has 1 aromatic heterocycles. The number of carbonyl (C=O) groups excluding carboxylic acids is 1. The van der Waals surface area contributed by atoms with E-state index in [0.717, 1.165) is 11.1 Å². The molecule has 2 aromatic rings. The minimum Gasteiger partial charge on any atom is -0.358 e. The second-order valence-corrected chi connectivity index (χ2v) is 4.38. The number of aryl methyl sites for hydroxylation is 2. The number of aromatic nitrogens is 2. The van der Waals surface area contributed by atoms with E-state index in [0.29, 0.717) is 5.56 Å². The molecule has 0 aliphatic carbocycles. The van der Waals surface area contributed by atoms with Gasteiger partial charge < -0.3 is 14.7 Å². The van der Waals surface area contributed by atoms with Crippen LogP contribution in [0.1, 0.15) is 21.5 Å². The number of rotatable bonds is 4. The van der Waals surface area contributed by atoms with Crippen LogP contribution >= 0.6 is 0 Å². The van der Waals surface area contributed by atoms with Crippen molar-refractivity contribution >= 4 is 11.6 Å². The molecular weight excluding hydrogens is 246 g/mol. The van der Waals surface area contributed by atoms with E-state index < -0.39 is 4.92 Å². The topological polar surface area (TPSA) is 78.0 Å². The fraction of sp³-hybridized carbons (Fsp3) is 0.231. The van der Waals surface area contributed by atoms with Crippen molar-refractivity contribution in [2.45, 2.75) is 20.4 Å². The van der Waals surface area contributed by atoms with Gasteiger partial charge in [0.1, 0.15) is 6.20 Å². The minimum absolute atomic E-state index is 0.0450. The molecule has 6 heteroatoms. The van der Waals surface area contributed by atoms with Gasteiger partial charge >= 0.3 is 5.82 Å². The molecular formula is C13H13N3O3. The number of benzene rings is 1. The maximum atomic E-state index is 12.0. The van der Waals surface area contributed by atoms with Gasteiger partial charge in [-0.05, 0) is 40.9 Å². The van der Waals surface area contributed by atoms with Crippen LogP contribution in [0.25, 0.3) is 0 Å². The molecule has 0 amide bonds. The van der Waals surface area contributed by atoms with Crippen LogP contribution in [0.5, 0.6) is 0 Å². The molecule has 2 rings (SSSR count). The van der Waals surface area contributed by atoms with E-state index >= 15 is 0 Å². The van der Waals surface area contributed by atoms with Gasteiger partial charge in [-0.1, -0.05) is 12.1 Å². The Kier molecular flexibility index (Phi) is 3.41. The number of Topliss-reactive ketones (excluding diaryl/α,β-unsaturated/α-hetero) is 1. The highest BCUT2D eigenvalue weighted by Crippen LogP contribution is 2.12. The zero-order chi connectivity index (χ0) is 14.0. The molecule has 0 atom stereocenters. The van der Waals surface area contributed by atoms with Crippen molar-refractivity contribution in [1.29, 1.82) is 0 Å². The van der Waals surface area contributed by atoms with Gasteiger partial charge in [0.15, 0.2) is 5.78 Å². The standard InChI is InChI=1S/C13H13N3O3/c1-9-3-4-11(5-10(9)2)12(17)6-15-7-13(14-8-15)16(18)19/h3-5,7-8H,6H2,1-2H3. The van der Waals surface area contributed by atoms with E-state index in [1.807, 2.05) is 26.0 Å². The Morgan fingerprint density at radius 2 is 2.11 bits per heavy atom. The minimum atomic E-state index is -0.586. The van der Waals surface area contributed by atoms with E-state index in [1.54, 1.807) is 6.07 Å². The Morgan fingerprint density at radius 1 is 1.37 bits per heavy atom. The summed E-state index contributed by atoms with van der Waals surface area (Å²) < 4.78 is 1.41. The molecule has 0 N–H and O–H groups in total. The third-order valence-electron chi connectivity index (χ3n) is 2.96. The number of carbonyl (C=O) groups is 1. The first kappa shape index (κ1) is 12.9. The highest BCUT2D eigenvalue weighted by Gasteiger charge is 2.13. The van der Waals surface area contributed by atoms with Crippen molar-refractivity contribution in [1.82, 2.24) is 9.55 Å².